The van der Waals surface area contributed by atoms with Gasteiger partial charge in [-0.2, -0.15) is 0 Å². The van der Waals surface area contributed by atoms with E-state index in [9.17, 15) is 14.0 Å². The number of carbonyl (C=O) groups excluding carboxylic acids is 1. The topological polar surface area (TPSA) is 90.0 Å². The van der Waals surface area contributed by atoms with Crippen molar-refractivity contribution in [3.05, 3.63) is 82.7 Å². The first kappa shape index (κ1) is 19.5. The van der Waals surface area contributed by atoms with Crippen LogP contribution >= 0.6 is 0 Å². The zero-order valence-electron chi connectivity index (χ0n) is 16.2. The highest BCUT2D eigenvalue weighted by Gasteiger charge is 2.18. The molecule has 7 nitrogen and oxygen atoms in total. The van der Waals surface area contributed by atoms with E-state index < -0.39 is 11.4 Å². The molecule has 0 spiro atoms. The van der Waals surface area contributed by atoms with Crippen molar-refractivity contribution in [1.82, 2.24) is 20.0 Å². The van der Waals surface area contributed by atoms with Crippen LogP contribution in [0.2, 0.25) is 0 Å². The predicted molar refractivity (Wildman–Crippen MR) is 109 cm³/mol. The molecule has 1 N–H and O–H groups in total. The Bertz CT molecular complexity index is 1250. The number of hydrogen-bond donors (Lipinski definition) is 1. The Balaban J connectivity index is 1.52. The van der Waals surface area contributed by atoms with Crippen LogP contribution in [0.4, 0.5) is 4.39 Å². The quantitative estimate of drug-likeness (QED) is 0.530. The lowest BCUT2D eigenvalue weighted by molar-refractivity contribution is -0.121. The van der Waals surface area contributed by atoms with Gasteiger partial charge in [-0.3, -0.25) is 14.2 Å². The molecule has 0 bridgehead atoms. The third kappa shape index (κ3) is 3.98. The van der Waals surface area contributed by atoms with Gasteiger partial charge in [-0.25, -0.2) is 9.37 Å². The number of fused-ring (bicyclic) bond motifs is 1. The highest BCUT2D eigenvalue weighted by molar-refractivity contribution is 5.88. The summed E-state index contributed by atoms with van der Waals surface area (Å²) < 4.78 is 20.0. The minimum absolute atomic E-state index is 0.0673. The molecule has 2 aromatic carbocycles. The maximum Gasteiger partial charge on any atom is 0.266 e. The van der Waals surface area contributed by atoms with Gasteiger partial charge in [0.2, 0.25) is 5.91 Å². The van der Waals surface area contributed by atoms with Gasteiger partial charge in [0.05, 0.1) is 6.04 Å². The van der Waals surface area contributed by atoms with E-state index in [2.05, 4.69) is 15.5 Å². The highest BCUT2D eigenvalue weighted by Crippen LogP contribution is 2.24. The molecule has 0 aliphatic carbocycles. The van der Waals surface area contributed by atoms with Gasteiger partial charge in [0, 0.05) is 18.5 Å². The Morgan fingerprint density at radius 1 is 1.20 bits per heavy atom. The van der Waals surface area contributed by atoms with Crippen LogP contribution in [-0.4, -0.2) is 20.6 Å². The number of nitrogens with one attached hydrogen (secondary N) is 1. The lowest BCUT2D eigenvalue weighted by Gasteiger charge is -2.14. The van der Waals surface area contributed by atoms with Gasteiger partial charge in [-0.15, -0.1) is 0 Å². The molecule has 0 aliphatic rings. The van der Waals surface area contributed by atoms with E-state index in [-0.39, 0.29) is 41.7 Å². The van der Waals surface area contributed by atoms with Crippen molar-refractivity contribution in [3.63, 3.8) is 0 Å². The van der Waals surface area contributed by atoms with Crippen molar-refractivity contribution >= 4 is 17.0 Å². The van der Waals surface area contributed by atoms with Crippen molar-refractivity contribution in [2.45, 2.75) is 25.9 Å². The molecule has 4 rings (SSSR count). The molecule has 4 aromatic rings. The molecular weight excluding hydrogens is 387 g/mol. The van der Waals surface area contributed by atoms with Crippen LogP contribution in [0.3, 0.4) is 0 Å². The third-order valence-electron chi connectivity index (χ3n) is 4.82. The van der Waals surface area contributed by atoms with Crippen LogP contribution in [0.15, 0.2) is 70.2 Å². The van der Waals surface area contributed by atoms with Gasteiger partial charge in [0.25, 0.3) is 11.3 Å². The predicted octanol–water partition coefficient (Wildman–Crippen LogP) is 3.46. The van der Waals surface area contributed by atoms with E-state index in [1.54, 1.807) is 6.07 Å². The van der Waals surface area contributed by atoms with Crippen molar-refractivity contribution < 1.29 is 13.7 Å². The zero-order valence-corrected chi connectivity index (χ0v) is 16.2. The summed E-state index contributed by atoms with van der Waals surface area (Å²) >= 11 is 0. The van der Waals surface area contributed by atoms with Crippen LogP contribution in [0.5, 0.6) is 0 Å². The lowest BCUT2D eigenvalue weighted by Crippen LogP contribution is -2.29. The number of amides is 1. The second-order valence-electron chi connectivity index (χ2n) is 6.91. The highest BCUT2D eigenvalue weighted by atomic mass is 19.1. The van der Waals surface area contributed by atoms with Crippen LogP contribution in [0.1, 0.15) is 24.9 Å². The van der Waals surface area contributed by atoms with Gasteiger partial charge in [-0.05, 0) is 24.6 Å². The number of halogens is 1. The Hall–Kier alpha value is -3.81. The molecule has 8 heteroatoms. The minimum Gasteiger partial charge on any atom is -0.350 e. The summed E-state index contributed by atoms with van der Waals surface area (Å²) in [6.07, 6.45) is 1.42. The first-order valence-electron chi connectivity index (χ1n) is 9.48. The fourth-order valence-electron chi connectivity index (χ4n) is 3.23. The molecule has 2 heterocycles. The van der Waals surface area contributed by atoms with Gasteiger partial charge >= 0.3 is 0 Å². The fourth-order valence-corrected chi connectivity index (χ4v) is 3.23. The van der Waals surface area contributed by atoms with Crippen molar-refractivity contribution in [3.8, 4) is 11.3 Å². The van der Waals surface area contributed by atoms with E-state index in [0.717, 1.165) is 5.56 Å². The molecule has 0 unspecified atom stereocenters. The van der Waals surface area contributed by atoms with Gasteiger partial charge in [-0.1, -0.05) is 47.6 Å². The Morgan fingerprint density at radius 2 is 2.00 bits per heavy atom. The molecule has 0 saturated carbocycles. The molecule has 1 amide bonds. The standard InChI is InChI=1S/C22H19FN4O3/c1-14(15-6-3-2-4-7-15)25-18(28)10-11-27-13-24-21-19(22(27)29)20(26-30-21)16-8-5-9-17(23)12-16/h2-9,12-14H,10-11H2,1H3,(H,25,28)/t14-/m0/s1. The monoisotopic (exact) mass is 406 g/mol. The largest absolute Gasteiger partial charge is 0.350 e. The maximum absolute atomic E-state index is 13.6. The van der Waals surface area contributed by atoms with Crippen LogP contribution in [0, 0.1) is 5.82 Å². The first-order chi connectivity index (χ1) is 14.5. The van der Waals surface area contributed by atoms with E-state index >= 15 is 0 Å². The molecule has 0 aliphatic heterocycles. The number of rotatable bonds is 6. The molecule has 0 fully saturated rings. The van der Waals surface area contributed by atoms with E-state index in [0.29, 0.717) is 5.56 Å². The summed E-state index contributed by atoms with van der Waals surface area (Å²) in [4.78, 5) is 29.4. The molecular formula is C22H19FN4O3. The average molecular weight is 406 g/mol. The summed E-state index contributed by atoms with van der Waals surface area (Å²) in [6, 6.07) is 15.2. The lowest BCUT2D eigenvalue weighted by atomic mass is 10.1. The molecule has 0 saturated heterocycles. The fraction of sp³-hybridized carbons (Fsp3) is 0.182. The molecule has 2 aromatic heterocycles. The molecule has 1 atom stereocenters. The Labute approximate surface area is 171 Å². The first-order valence-corrected chi connectivity index (χ1v) is 9.48. The number of carbonyl (C=O) groups is 1. The Morgan fingerprint density at radius 3 is 2.77 bits per heavy atom. The number of hydrogen-bond acceptors (Lipinski definition) is 5. The van der Waals surface area contributed by atoms with Crippen LogP contribution in [-0.2, 0) is 11.3 Å². The maximum atomic E-state index is 13.6. The molecule has 152 valence electrons. The normalized spacial score (nSPS) is 12.1. The summed E-state index contributed by atoms with van der Waals surface area (Å²) in [7, 11) is 0. The number of aromatic nitrogens is 3. The number of benzene rings is 2. The third-order valence-corrected chi connectivity index (χ3v) is 4.82. The van der Waals surface area contributed by atoms with E-state index in [1.807, 2.05) is 37.3 Å². The van der Waals surface area contributed by atoms with Crippen LogP contribution < -0.4 is 10.9 Å². The summed E-state index contributed by atoms with van der Waals surface area (Å²) in [5, 5.41) is 6.95. The van der Waals surface area contributed by atoms with Crippen LogP contribution in [0.25, 0.3) is 22.4 Å². The SMILES string of the molecule is C[C@H](NC(=O)CCn1cnc2onc(-c3cccc(F)c3)c2c1=O)c1ccccc1. The second-order valence-corrected chi connectivity index (χ2v) is 6.91. The average Bonchev–Trinajstić information content (AvgIpc) is 3.19. The summed E-state index contributed by atoms with van der Waals surface area (Å²) in [5.41, 5.74) is 1.30. The summed E-state index contributed by atoms with van der Waals surface area (Å²) in [5.74, 6) is -0.633. The van der Waals surface area contributed by atoms with Gasteiger partial charge < -0.3 is 9.84 Å². The molecule has 0 radical (unpaired) electrons. The van der Waals surface area contributed by atoms with Crippen molar-refractivity contribution in [2.24, 2.45) is 0 Å². The van der Waals surface area contributed by atoms with Crippen molar-refractivity contribution in [1.29, 1.82) is 0 Å². The van der Waals surface area contributed by atoms with E-state index in [4.69, 9.17) is 4.52 Å². The molecule has 30 heavy (non-hydrogen) atoms. The number of nitrogens with zero attached hydrogens (tertiary/aromatic N) is 3. The van der Waals surface area contributed by atoms with E-state index in [1.165, 1.54) is 29.1 Å². The number of aryl methyl sites for hydroxylation is 1. The smallest absolute Gasteiger partial charge is 0.266 e. The van der Waals surface area contributed by atoms with Gasteiger partial charge in [0.1, 0.15) is 23.2 Å². The zero-order chi connectivity index (χ0) is 21.1. The summed E-state index contributed by atoms with van der Waals surface area (Å²) in [6.45, 7) is 2.04. The minimum atomic E-state index is -0.447. The second kappa shape index (κ2) is 8.28. The Kier molecular flexibility index (Phi) is 5.38. The van der Waals surface area contributed by atoms with Gasteiger partial charge in [0.15, 0.2) is 0 Å². The van der Waals surface area contributed by atoms with Crippen molar-refractivity contribution in [2.75, 3.05) is 0 Å².